The molecule has 4 aromatic rings. The van der Waals surface area contributed by atoms with Crippen molar-refractivity contribution in [1.29, 1.82) is 0 Å². The summed E-state index contributed by atoms with van der Waals surface area (Å²) >= 11 is 1.26. The van der Waals surface area contributed by atoms with Crippen molar-refractivity contribution in [2.75, 3.05) is 13.2 Å². The van der Waals surface area contributed by atoms with E-state index in [1.165, 1.54) is 23.5 Å². The number of thiazole rings is 1. The van der Waals surface area contributed by atoms with Crippen molar-refractivity contribution >= 4 is 39.6 Å². The van der Waals surface area contributed by atoms with Gasteiger partial charge in [0, 0.05) is 12.0 Å². The smallest absolute Gasteiger partial charge is 0.336 e. The number of fused-ring (bicyclic) bond motifs is 1. The molecular weight excluding hydrogens is 583 g/mol. The molecule has 8 nitrogen and oxygen atoms in total. The van der Waals surface area contributed by atoms with Gasteiger partial charge in [0.15, 0.2) is 0 Å². The molecule has 0 radical (unpaired) electrons. The summed E-state index contributed by atoms with van der Waals surface area (Å²) in [6.07, 6.45) is 3.68. The molecule has 0 spiro atoms. The number of rotatable bonds is 10. The van der Waals surface area contributed by atoms with Crippen molar-refractivity contribution in [2.45, 2.75) is 52.1 Å². The SMILES string of the molecule is CCOC(=O)C(Cc1ccc(-c2nc3ccc(C4(c5ccccc5)C=C4)nc3s2)c(F)c1)(C(=O)OCC)C(=O)OC(C)(C)C. The summed E-state index contributed by atoms with van der Waals surface area (Å²) in [6.45, 7) is 7.75. The van der Waals surface area contributed by atoms with Crippen LogP contribution in [-0.4, -0.2) is 46.7 Å². The monoisotopic (exact) mass is 616 g/mol. The molecule has 0 saturated heterocycles. The minimum Gasteiger partial charge on any atom is -0.465 e. The van der Waals surface area contributed by atoms with Crippen LogP contribution < -0.4 is 0 Å². The maximum Gasteiger partial charge on any atom is 0.336 e. The molecule has 2 aromatic heterocycles. The van der Waals surface area contributed by atoms with E-state index >= 15 is 4.39 Å². The minimum atomic E-state index is -2.48. The fraction of sp³-hybridized carbons (Fsp3) is 0.324. The lowest BCUT2D eigenvalue weighted by Crippen LogP contribution is -2.52. The molecule has 44 heavy (non-hydrogen) atoms. The molecule has 0 amide bonds. The summed E-state index contributed by atoms with van der Waals surface area (Å²) in [7, 11) is 0. The van der Waals surface area contributed by atoms with E-state index in [-0.39, 0.29) is 29.8 Å². The van der Waals surface area contributed by atoms with Crippen LogP contribution in [0.5, 0.6) is 0 Å². The predicted octanol–water partition coefficient (Wildman–Crippen LogP) is 6.35. The molecule has 0 bridgehead atoms. The van der Waals surface area contributed by atoms with Gasteiger partial charge in [-0.25, -0.2) is 14.4 Å². The Hall–Kier alpha value is -4.44. The minimum absolute atomic E-state index is 0.0913. The Morgan fingerprint density at radius 3 is 2.09 bits per heavy atom. The quantitative estimate of drug-likeness (QED) is 0.0879. The van der Waals surface area contributed by atoms with E-state index in [1.54, 1.807) is 40.7 Å². The summed E-state index contributed by atoms with van der Waals surface area (Å²) in [5.74, 6) is -4.01. The van der Waals surface area contributed by atoms with Gasteiger partial charge in [-0.2, -0.15) is 0 Å². The number of nitrogens with zero attached hydrogens (tertiary/aromatic N) is 2. The van der Waals surface area contributed by atoms with Gasteiger partial charge >= 0.3 is 17.9 Å². The summed E-state index contributed by atoms with van der Waals surface area (Å²) in [6, 6.07) is 18.1. The van der Waals surface area contributed by atoms with Crippen molar-refractivity contribution in [3.05, 3.63) is 95.5 Å². The first-order chi connectivity index (χ1) is 20.9. The number of pyridine rings is 1. The zero-order chi connectivity index (χ0) is 31.7. The van der Waals surface area contributed by atoms with Crippen LogP contribution >= 0.6 is 11.3 Å². The maximum absolute atomic E-state index is 15.7. The van der Waals surface area contributed by atoms with Crippen LogP contribution in [0.4, 0.5) is 4.39 Å². The summed E-state index contributed by atoms with van der Waals surface area (Å²) in [5.41, 5.74) is -0.826. The van der Waals surface area contributed by atoms with Crippen LogP contribution in [0.3, 0.4) is 0 Å². The third-order valence-corrected chi connectivity index (χ3v) is 8.16. The second kappa shape index (κ2) is 11.9. The fourth-order valence-corrected chi connectivity index (χ4v) is 5.92. The van der Waals surface area contributed by atoms with Crippen molar-refractivity contribution in [3.63, 3.8) is 0 Å². The first kappa shape index (κ1) is 31.0. The van der Waals surface area contributed by atoms with Gasteiger partial charge in [0.1, 0.15) is 26.8 Å². The van der Waals surface area contributed by atoms with Gasteiger partial charge in [-0.15, -0.1) is 0 Å². The molecule has 0 N–H and O–H groups in total. The Morgan fingerprint density at radius 1 is 0.864 bits per heavy atom. The molecule has 2 heterocycles. The maximum atomic E-state index is 15.7. The number of ether oxygens (including phenoxy) is 3. The van der Waals surface area contributed by atoms with Crippen LogP contribution in [0.15, 0.2) is 72.8 Å². The first-order valence-corrected chi connectivity index (χ1v) is 15.2. The highest BCUT2D eigenvalue weighted by Crippen LogP contribution is 2.45. The highest BCUT2D eigenvalue weighted by Gasteiger charge is 2.58. The van der Waals surface area contributed by atoms with E-state index in [1.807, 2.05) is 30.3 Å². The topological polar surface area (TPSA) is 105 Å². The molecule has 1 aliphatic carbocycles. The van der Waals surface area contributed by atoms with E-state index in [4.69, 9.17) is 19.2 Å². The number of allylic oxidation sites excluding steroid dienone is 2. The molecular formula is C34H33FN2O6S. The number of carbonyl (C=O) groups is 3. The van der Waals surface area contributed by atoms with E-state index in [2.05, 4.69) is 29.3 Å². The number of hydrogen-bond acceptors (Lipinski definition) is 9. The predicted molar refractivity (Wildman–Crippen MR) is 164 cm³/mol. The number of esters is 3. The molecule has 1 aliphatic rings. The molecule has 0 unspecified atom stereocenters. The molecule has 228 valence electrons. The van der Waals surface area contributed by atoms with Gasteiger partial charge in [0.2, 0.25) is 0 Å². The zero-order valence-corrected chi connectivity index (χ0v) is 26.0. The Kier molecular flexibility index (Phi) is 8.40. The van der Waals surface area contributed by atoms with Crippen molar-refractivity contribution < 1.29 is 33.0 Å². The Labute approximate surface area is 258 Å². The average molecular weight is 617 g/mol. The number of hydrogen-bond donors (Lipinski definition) is 0. The lowest BCUT2D eigenvalue weighted by atomic mass is 9.80. The molecule has 0 fully saturated rings. The van der Waals surface area contributed by atoms with E-state index < -0.39 is 41.2 Å². The Morgan fingerprint density at radius 2 is 1.52 bits per heavy atom. The Bertz CT molecular complexity index is 1730. The van der Waals surface area contributed by atoms with Gasteiger partial charge < -0.3 is 14.2 Å². The molecule has 0 atom stereocenters. The van der Waals surface area contributed by atoms with Crippen LogP contribution in [-0.2, 0) is 40.4 Å². The van der Waals surface area contributed by atoms with E-state index in [9.17, 15) is 14.4 Å². The molecule has 0 aliphatic heterocycles. The summed E-state index contributed by atoms with van der Waals surface area (Å²) in [4.78, 5) is 50.1. The van der Waals surface area contributed by atoms with Gasteiger partial charge in [0.25, 0.3) is 5.41 Å². The number of benzene rings is 2. The highest BCUT2D eigenvalue weighted by molar-refractivity contribution is 7.21. The van der Waals surface area contributed by atoms with Crippen LogP contribution in [0.2, 0.25) is 0 Å². The van der Waals surface area contributed by atoms with Crippen LogP contribution in [0.1, 0.15) is 51.4 Å². The highest BCUT2D eigenvalue weighted by atomic mass is 32.1. The largest absolute Gasteiger partial charge is 0.465 e. The third-order valence-electron chi connectivity index (χ3n) is 7.16. The molecule has 0 saturated carbocycles. The zero-order valence-electron chi connectivity index (χ0n) is 25.2. The molecule has 10 heteroatoms. The van der Waals surface area contributed by atoms with Gasteiger partial charge in [-0.05, 0) is 70.0 Å². The van der Waals surface area contributed by atoms with Crippen molar-refractivity contribution in [2.24, 2.45) is 5.41 Å². The number of aromatic nitrogens is 2. The van der Waals surface area contributed by atoms with Gasteiger partial charge in [-0.1, -0.05) is 59.9 Å². The van der Waals surface area contributed by atoms with E-state index in [0.29, 0.717) is 15.4 Å². The number of carbonyl (C=O) groups excluding carboxylic acids is 3. The van der Waals surface area contributed by atoms with Crippen molar-refractivity contribution in [1.82, 2.24) is 9.97 Å². The third kappa shape index (κ3) is 5.86. The lowest BCUT2D eigenvalue weighted by Gasteiger charge is -2.30. The Balaban J connectivity index is 1.48. The van der Waals surface area contributed by atoms with Crippen LogP contribution in [0.25, 0.3) is 20.9 Å². The second-order valence-electron chi connectivity index (χ2n) is 11.4. The lowest BCUT2D eigenvalue weighted by molar-refractivity contribution is -0.189. The average Bonchev–Trinajstić information content (AvgIpc) is 3.68. The molecule has 2 aromatic carbocycles. The van der Waals surface area contributed by atoms with Crippen molar-refractivity contribution in [3.8, 4) is 10.6 Å². The normalized spacial score (nSPS) is 13.9. The fourth-order valence-electron chi connectivity index (χ4n) is 4.96. The van der Waals surface area contributed by atoms with E-state index in [0.717, 1.165) is 11.3 Å². The van der Waals surface area contributed by atoms with Gasteiger partial charge in [-0.3, -0.25) is 14.4 Å². The van der Waals surface area contributed by atoms with Crippen LogP contribution in [0, 0.1) is 11.2 Å². The summed E-state index contributed by atoms with van der Waals surface area (Å²) < 4.78 is 31.5. The molecule has 5 rings (SSSR count). The van der Waals surface area contributed by atoms with Gasteiger partial charge in [0.05, 0.1) is 24.3 Å². The number of halogens is 1. The summed E-state index contributed by atoms with van der Waals surface area (Å²) in [5, 5.41) is 0.417. The first-order valence-electron chi connectivity index (χ1n) is 14.3. The second-order valence-corrected chi connectivity index (χ2v) is 12.4. The standard InChI is InChI=1S/C34H33FN2O6S/c1-6-41-29(38)34(30(39)42-7-2,31(40)43-32(3,4)5)20-21-13-14-23(24(35)19-21)27-36-25-15-16-26(37-28(25)44-27)33(17-18-33)22-11-9-8-10-12-22/h8-19H,6-7,20H2,1-5H3.